The van der Waals surface area contributed by atoms with E-state index in [9.17, 15) is 18.0 Å². The summed E-state index contributed by atoms with van der Waals surface area (Å²) in [7, 11) is 0. The Morgan fingerprint density at radius 1 is 1.04 bits per heavy atom. The number of hydrogen-bond donors (Lipinski definition) is 3. The molecule has 0 fully saturated rings. The average Bonchev–Trinajstić information content (AvgIpc) is 2.58. The van der Waals surface area contributed by atoms with E-state index in [2.05, 4.69) is 6.92 Å². The quantitative estimate of drug-likeness (QED) is 0.542. The van der Waals surface area contributed by atoms with Gasteiger partial charge in [0, 0.05) is 12.0 Å². The summed E-state index contributed by atoms with van der Waals surface area (Å²) in [6.07, 6.45) is 4.67. The Balaban J connectivity index is 0.000000472. The van der Waals surface area contributed by atoms with Crippen LogP contribution in [-0.2, 0) is 18.0 Å². The molecule has 0 bridgehead atoms. The van der Waals surface area contributed by atoms with Crippen LogP contribution < -0.4 is 0 Å². The third-order valence-corrected chi connectivity index (χ3v) is 3.63. The number of halogens is 3. The SMILES string of the molecule is CCCCCCCCC(F)(F)C(=O)O.OCc1ccc(CO)c(F)c1. The minimum Gasteiger partial charge on any atom is -0.477 e. The molecule has 0 saturated heterocycles. The van der Waals surface area contributed by atoms with Gasteiger partial charge in [-0.3, -0.25) is 0 Å². The zero-order chi connectivity index (χ0) is 19.3. The van der Waals surface area contributed by atoms with Crippen molar-refractivity contribution in [3.63, 3.8) is 0 Å². The molecule has 144 valence electrons. The number of alkyl halides is 2. The molecule has 0 aromatic heterocycles. The van der Waals surface area contributed by atoms with Gasteiger partial charge in [0.05, 0.1) is 13.2 Å². The van der Waals surface area contributed by atoms with Crippen LogP contribution in [0.2, 0.25) is 0 Å². The van der Waals surface area contributed by atoms with Gasteiger partial charge in [-0.05, 0) is 18.1 Å². The summed E-state index contributed by atoms with van der Waals surface area (Å²) in [6, 6.07) is 4.25. The molecule has 4 nitrogen and oxygen atoms in total. The summed E-state index contributed by atoms with van der Waals surface area (Å²) in [4.78, 5) is 10.0. The number of aliphatic hydroxyl groups excluding tert-OH is 2. The lowest BCUT2D eigenvalue weighted by molar-refractivity contribution is -0.165. The third kappa shape index (κ3) is 10.1. The zero-order valence-electron chi connectivity index (χ0n) is 14.5. The monoisotopic (exact) mass is 364 g/mol. The van der Waals surface area contributed by atoms with Gasteiger partial charge in [0.25, 0.3) is 0 Å². The minimum absolute atomic E-state index is 0.178. The number of rotatable bonds is 10. The van der Waals surface area contributed by atoms with Gasteiger partial charge in [0.1, 0.15) is 5.82 Å². The van der Waals surface area contributed by atoms with E-state index >= 15 is 0 Å². The maximum absolute atomic E-state index is 12.8. The molecule has 0 unspecified atom stereocenters. The molecule has 7 heteroatoms. The highest BCUT2D eigenvalue weighted by molar-refractivity contribution is 5.75. The molecule has 0 atom stereocenters. The van der Waals surface area contributed by atoms with Gasteiger partial charge >= 0.3 is 11.9 Å². The number of benzene rings is 1. The summed E-state index contributed by atoms with van der Waals surface area (Å²) in [5.41, 5.74) is 0.766. The van der Waals surface area contributed by atoms with Gasteiger partial charge in [-0.1, -0.05) is 51.2 Å². The maximum atomic E-state index is 12.8. The van der Waals surface area contributed by atoms with Crippen LogP contribution in [0, 0.1) is 5.82 Å². The van der Waals surface area contributed by atoms with Crippen molar-refractivity contribution in [2.75, 3.05) is 0 Å². The topological polar surface area (TPSA) is 77.8 Å². The Labute approximate surface area is 146 Å². The maximum Gasteiger partial charge on any atom is 0.374 e. The van der Waals surface area contributed by atoms with E-state index in [1.54, 1.807) is 6.07 Å². The van der Waals surface area contributed by atoms with E-state index < -0.39 is 24.1 Å². The lowest BCUT2D eigenvalue weighted by Crippen LogP contribution is -2.27. The number of aliphatic hydroxyl groups is 2. The summed E-state index contributed by atoms with van der Waals surface area (Å²) in [5, 5.41) is 25.3. The van der Waals surface area contributed by atoms with Crippen molar-refractivity contribution < 1.29 is 33.3 Å². The molecule has 1 rings (SSSR count). The molecule has 0 amide bonds. The zero-order valence-corrected chi connectivity index (χ0v) is 14.5. The molecule has 1 aromatic rings. The van der Waals surface area contributed by atoms with Crippen molar-refractivity contribution >= 4 is 5.97 Å². The van der Waals surface area contributed by atoms with Crippen LogP contribution in [0.3, 0.4) is 0 Å². The molecule has 3 N–H and O–H groups in total. The predicted octanol–water partition coefficient (Wildman–Crippen LogP) is 4.27. The Bertz CT molecular complexity index is 507. The first-order valence-corrected chi connectivity index (χ1v) is 8.38. The summed E-state index contributed by atoms with van der Waals surface area (Å²) < 4.78 is 37.8. The number of hydrogen-bond acceptors (Lipinski definition) is 3. The molecule has 0 spiro atoms. The van der Waals surface area contributed by atoms with Gasteiger partial charge in [-0.15, -0.1) is 0 Å². The molecule has 0 aliphatic rings. The number of aliphatic carboxylic acids is 1. The minimum atomic E-state index is -3.54. The molecule has 1 aromatic carbocycles. The Hall–Kier alpha value is -1.60. The highest BCUT2D eigenvalue weighted by Gasteiger charge is 2.37. The van der Waals surface area contributed by atoms with Crippen LogP contribution >= 0.6 is 0 Å². The molecule has 0 heterocycles. The first-order valence-electron chi connectivity index (χ1n) is 8.38. The van der Waals surface area contributed by atoms with E-state index in [4.69, 9.17) is 15.3 Å². The van der Waals surface area contributed by atoms with Gasteiger partial charge in [-0.2, -0.15) is 8.78 Å². The highest BCUT2D eigenvalue weighted by Crippen LogP contribution is 2.22. The third-order valence-electron chi connectivity index (χ3n) is 3.63. The smallest absolute Gasteiger partial charge is 0.374 e. The standard InChI is InChI=1S/C10H18F2O2.C8H9FO2/c1-2-3-4-5-6-7-8-10(11,12)9(13)14;9-8-3-6(4-10)1-2-7(8)5-11/h2-8H2,1H3,(H,13,14);1-3,10-11H,4-5H2. The van der Waals surface area contributed by atoms with Gasteiger partial charge in [-0.25, -0.2) is 9.18 Å². The summed E-state index contributed by atoms with van der Waals surface area (Å²) in [6.45, 7) is 1.60. The van der Waals surface area contributed by atoms with Crippen LogP contribution in [0.15, 0.2) is 18.2 Å². The van der Waals surface area contributed by atoms with Crippen LogP contribution in [0.1, 0.15) is 63.0 Å². The van der Waals surface area contributed by atoms with Crippen molar-refractivity contribution in [2.45, 2.75) is 71.0 Å². The fourth-order valence-corrected chi connectivity index (χ4v) is 2.05. The van der Waals surface area contributed by atoms with Crippen molar-refractivity contribution in [1.82, 2.24) is 0 Å². The molecule has 0 radical (unpaired) electrons. The molecular weight excluding hydrogens is 337 g/mol. The van der Waals surface area contributed by atoms with Gasteiger partial charge in [0.15, 0.2) is 0 Å². The van der Waals surface area contributed by atoms with Gasteiger partial charge < -0.3 is 15.3 Å². The second kappa shape index (κ2) is 12.7. The van der Waals surface area contributed by atoms with Crippen molar-refractivity contribution in [1.29, 1.82) is 0 Å². The molecule has 0 aliphatic carbocycles. The van der Waals surface area contributed by atoms with Crippen molar-refractivity contribution in [2.24, 2.45) is 0 Å². The van der Waals surface area contributed by atoms with Crippen molar-refractivity contribution in [3.8, 4) is 0 Å². The van der Waals surface area contributed by atoms with Crippen molar-refractivity contribution in [3.05, 3.63) is 35.1 Å². The molecule has 0 saturated carbocycles. The highest BCUT2D eigenvalue weighted by atomic mass is 19.3. The van der Waals surface area contributed by atoms with Crippen LogP contribution in [0.25, 0.3) is 0 Å². The second-order valence-electron chi connectivity index (χ2n) is 5.77. The lowest BCUT2D eigenvalue weighted by Gasteiger charge is -2.09. The average molecular weight is 364 g/mol. The first-order chi connectivity index (χ1) is 11.8. The summed E-state index contributed by atoms with van der Waals surface area (Å²) in [5.74, 6) is -6.02. The first kappa shape index (κ1) is 23.4. The fourth-order valence-electron chi connectivity index (χ4n) is 2.05. The Morgan fingerprint density at radius 3 is 2.12 bits per heavy atom. The predicted molar refractivity (Wildman–Crippen MR) is 88.8 cm³/mol. The van der Waals surface area contributed by atoms with Gasteiger partial charge in [0.2, 0.25) is 0 Å². The fraction of sp³-hybridized carbons (Fsp3) is 0.611. The van der Waals surface area contributed by atoms with E-state index in [0.717, 1.165) is 25.7 Å². The number of unbranched alkanes of at least 4 members (excludes halogenated alkanes) is 5. The second-order valence-corrected chi connectivity index (χ2v) is 5.77. The van der Waals surface area contributed by atoms with E-state index in [1.807, 2.05) is 0 Å². The van der Waals surface area contributed by atoms with Crippen LogP contribution in [0.4, 0.5) is 13.2 Å². The Morgan fingerprint density at radius 2 is 1.64 bits per heavy atom. The number of carboxylic acids is 1. The number of carboxylic acid groups (broad SMARTS) is 1. The van der Waals surface area contributed by atoms with E-state index in [-0.39, 0.29) is 18.8 Å². The number of carbonyl (C=O) groups is 1. The molecule has 0 aliphatic heterocycles. The van der Waals surface area contributed by atoms with Crippen LogP contribution in [0.5, 0.6) is 0 Å². The summed E-state index contributed by atoms with van der Waals surface area (Å²) >= 11 is 0. The van der Waals surface area contributed by atoms with E-state index in [0.29, 0.717) is 18.4 Å². The molecule has 25 heavy (non-hydrogen) atoms. The Kier molecular flexibility index (Phi) is 11.9. The molecular formula is C18H27F3O4. The normalized spacial score (nSPS) is 11.0. The van der Waals surface area contributed by atoms with E-state index in [1.165, 1.54) is 12.1 Å². The largest absolute Gasteiger partial charge is 0.477 e. The lowest BCUT2D eigenvalue weighted by atomic mass is 10.1. The van der Waals surface area contributed by atoms with Crippen LogP contribution in [-0.4, -0.2) is 27.2 Å².